The van der Waals surface area contributed by atoms with E-state index in [0.717, 1.165) is 24.0 Å². The summed E-state index contributed by atoms with van der Waals surface area (Å²) in [5.41, 5.74) is 2.62. The van der Waals surface area contributed by atoms with Crippen molar-refractivity contribution in [1.82, 2.24) is 34.7 Å². The zero-order valence-corrected chi connectivity index (χ0v) is 22.5. The van der Waals surface area contributed by atoms with Crippen LogP contribution in [-0.4, -0.2) is 60.0 Å². The molecule has 40 heavy (non-hydrogen) atoms. The van der Waals surface area contributed by atoms with Gasteiger partial charge in [-0.1, -0.05) is 11.6 Å². The molecule has 204 valence electrons. The van der Waals surface area contributed by atoms with Crippen LogP contribution in [0.3, 0.4) is 0 Å². The van der Waals surface area contributed by atoms with Gasteiger partial charge in [-0.05, 0) is 43.4 Å². The number of ether oxygens (including phenoxy) is 2. The van der Waals surface area contributed by atoms with Crippen LogP contribution in [0.5, 0.6) is 6.01 Å². The van der Waals surface area contributed by atoms with Gasteiger partial charge in [0.1, 0.15) is 29.4 Å². The molecule has 14 heteroatoms. The molecule has 1 fully saturated rings. The molecular formula is C26H25ClN10O3. The van der Waals surface area contributed by atoms with Crippen LogP contribution in [0.15, 0.2) is 43.1 Å². The molecular weight excluding hydrogens is 536 g/mol. The summed E-state index contributed by atoms with van der Waals surface area (Å²) < 4.78 is 12.2. The van der Waals surface area contributed by atoms with Gasteiger partial charge >= 0.3 is 12.1 Å². The second-order valence-electron chi connectivity index (χ2n) is 9.10. The Bertz CT molecular complexity index is 1550. The van der Waals surface area contributed by atoms with Gasteiger partial charge in [-0.15, -0.1) is 0 Å². The molecule has 5 rings (SSSR count). The van der Waals surface area contributed by atoms with Crippen molar-refractivity contribution in [2.24, 2.45) is 7.05 Å². The first kappa shape index (κ1) is 26.8. The maximum Gasteiger partial charge on any atom is 0.413 e. The third-order valence-electron chi connectivity index (χ3n) is 6.33. The summed E-state index contributed by atoms with van der Waals surface area (Å²) in [4.78, 5) is 33.8. The second kappa shape index (κ2) is 11.9. The fourth-order valence-corrected chi connectivity index (χ4v) is 4.64. The predicted molar refractivity (Wildman–Crippen MR) is 146 cm³/mol. The molecule has 4 heterocycles. The Labute approximate surface area is 234 Å². The Morgan fingerprint density at radius 2 is 1.88 bits per heavy atom. The minimum absolute atomic E-state index is 0.0768. The van der Waals surface area contributed by atoms with Crippen molar-refractivity contribution in [2.45, 2.75) is 37.8 Å². The number of methoxy groups -OCH3 is 1. The normalized spacial score (nSPS) is 16.6. The standard InChI is InChI=1S/C26H25ClN10O3/c1-37-14-20(27)23(36-37)22-16(10-28)11-30-24(35-22)33-18-3-5-19(6-4-18)40-26(38)34-21-9-15(7-8-29-21)17-12-31-25(39-2)32-13-17/h7-9,11-14,18-19H,3-6H2,1-2H3,(H,29,34,38)(H,30,33,35)/t18-,19-. The van der Waals surface area contributed by atoms with E-state index in [2.05, 4.69) is 46.7 Å². The van der Waals surface area contributed by atoms with Crippen molar-refractivity contribution in [3.63, 3.8) is 0 Å². The number of nitrogens with zero attached hydrogens (tertiary/aromatic N) is 8. The number of hydrogen-bond donors (Lipinski definition) is 2. The van der Waals surface area contributed by atoms with E-state index in [1.165, 1.54) is 13.3 Å². The molecule has 1 aliphatic carbocycles. The minimum Gasteiger partial charge on any atom is -0.467 e. The average molecular weight is 561 g/mol. The number of amides is 1. The molecule has 0 aliphatic heterocycles. The van der Waals surface area contributed by atoms with Crippen molar-refractivity contribution in [1.29, 1.82) is 5.26 Å². The van der Waals surface area contributed by atoms with E-state index in [1.807, 2.05) is 0 Å². The van der Waals surface area contributed by atoms with Crippen molar-refractivity contribution < 1.29 is 14.3 Å². The lowest BCUT2D eigenvalue weighted by atomic mass is 9.93. The molecule has 0 radical (unpaired) electrons. The molecule has 0 aromatic carbocycles. The number of halogens is 1. The van der Waals surface area contributed by atoms with Crippen molar-refractivity contribution in [3.8, 4) is 34.6 Å². The van der Waals surface area contributed by atoms with E-state index >= 15 is 0 Å². The summed E-state index contributed by atoms with van der Waals surface area (Å²) in [6, 6.07) is 5.95. The zero-order chi connectivity index (χ0) is 28.1. The van der Waals surface area contributed by atoms with E-state index in [9.17, 15) is 10.1 Å². The Morgan fingerprint density at radius 1 is 1.10 bits per heavy atom. The van der Waals surface area contributed by atoms with Crippen molar-refractivity contribution >= 4 is 29.5 Å². The van der Waals surface area contributed by atoms with Crippen LogP contribution in [0.1, 0.15) is 31.2 Å². The fraction of sp³-hybridized carbons (Fsp3) is 0.308. The molecule has 1 amide bonds. The van der Waals surface area contributed by atoms with Gasteiger partial charge in [-0.3, -0.25) is 10.00 Å². The molecule has 0 spiro atoms. The summed E-state index contributed by atoms with van der Waals surface area (Å²) in [6.07, 6.45) is 9.96. The molecule has 0 unspecified atom stereocenters. The highest BCUT2D eigenvalue weighted by molar-refractivity contribution is 6.33. The Hall–Kier alpha value is -4.83. The summed E-state index contributed by atoms with van der Waals surface area (Å²) in [5, 5.41) is 20.2. The van der Waals surface area contributed by atoms with Gasteiger partial charge in [0.05, 0.1) is 23.9 Å². The Kier molecular flexibility index (Phi) is 7.97. The smallest absolute Gasteiger partial charge is 0.413 e. The lowest BCUT2D eigenvalue weighted by Crippen LogP contribution is -2.32. The number of anilines is 2. The van der Waals surface area contributed by atoms with Gasteiger partial charge in [-0.2, -0.15) is 10.4 Å². The van der Waals surface area contributed by atoms with E-state index < -0.39 is 6.09 Å². The Morgan fingerprint density at radius 3 is 2.55 bits per heavy atom. The van der Waals surface area contributed by atoms with E-state index in [4.69, 9.17) is 21.1 Å². The highest BCUT2D eigenvalue weighted by atomic mass is 35.5. The summed E-state index contributed by atoms with van der Waals surface area (Å²) in [5.74, 6) is 0.737. The summed E-state index contributed by atoms with van der Waals surface area (Å²) in [7, 11) is 3.24. The molecule has 0 saturated heterocycles. The third kappa shape index (κ3) is 6.24. The number of carbonyl (C=O) groups excluding carboxylic acids is 1. The van der Waals surface area contributed by atoms with Crippen molar-refractivity contribution in [3.05, 3.63) is 53.7 Å². The lowest BCUT2D eigenvalue weighted by molar-refractivity contribution is 0.0840. The molecule has 2 N–H and O–H groups in total. The average Bonchev–Trinajstić information content (AvgIpc) is 3.31. The molecule has 4 aromatic heterocycles. The minimum atomic E-state index is -0.570. The number of hydrogen-bond acceptors (Lipinski definition) is 11. The predicted octanol–water partition coefficient (Wildman–Crippen LogP) is 4.23. The summed E-state index contributed by atoms with van der Waals surface area (Å²) >= 11 is 6.27. The zero-order valence-electron chi connectivity index (χ0n) is 21.7. The second-order valence-corrected chi connectivity index (χ2v) is 9.51. The quantitative estimate of drug-likeness (QED) is 0.332. The van der Waals surface area contributed by atoms with Crippen LogP contribution < -0.4 is 15.4 Å². The number of nitriles is 1. The van der Waals surface area contributed by atoms with Gasteiger partial charge in [-0.25, -0.2) is 29.7 Å². The van der Waals surface area contributed by atoms with E-state index in [1.54, 1.807) is 48.6 Å². The van der Waals surface area contributed by atoms with Gasteiger partial charge in [0.15, 0.2) is 0 Å². The van der Waals surface area contributed by atoms with Crippen molar-refractivity contribution in [2.75, 3.05) is 17.7 Å². The fourth-order valence-electron chi connectivity index (χ4n) is 4.38. The topological polar surface area (TPSA) is 166 Å². The first-order valence-corrected chi connectivity index (χ1v) is 12.8. The molecule has 0 bridgehead atoms. The van der Waals surface area contributed by atoms with Crippen LogP contribution in [0, 0.1) is 11.3 Å². The number of aryl methyl sites for hydroxylation is 1. The molecule has 1 aliphatic rings. The summed E-state index contributed by atoms with van der Waals surface area (Å²) in [6.45, 7) is 0. The molecule has 13 nitrogen and oxygen atoms in total. The third-order valence-corrected chi connectivity index (χ3v) is 6.61. The SMILES string of the molecule is COc1ncc(-c2ccnc(NC(=O)O[C@H]3CC[C@H](Nc4ncc(C#N)c(-c5nn(C)cc5Cl)n4)CC3)c2)cn1. The van der Waals surface area contributed by atoms with Crippen LogP contribution >= 0.6 is 11.6 Å². The highest BCUT2D eigenvalue weighted by Crippen LogP contribution is 2.29. The largest absolute Gasteiger partial charge is 0.467 e. The van der Waals surface area contributed by atoms with E-state index in [-0.39, 0.29) is 23.7 Å². The van der Waals surface area contributed by atoms with Gasteiger partial charge < -0.3 is 14.8 Å². The first-order chi connectivity index (χ1) is 19.4. The van der Waals surface area contributed by atoms with Crippen LogP contribution in [0.4, 0.5) is 16.6 Å². The number of nitrogens with one attached hydrogen (secondary N) is 2. The van der Waals surface area contributed by atoms with Gasteiger partial charge in [0, 0.05) is 43.4 Å². The monoisotopic (exact) mass is 560 g/mol. The number of aromatic nitrogens is 7. The van der Waals surface area contributed by atoms with Crippen LogP contribution in [-0.2, 0) is 11.8 Å². The highest BCUT2D eigenvalue weighted by Gasteiger charge is 2.25. The van der Waals surface area contributed by atoms with Crippen LogP contribution in [0.2, 0.25) is 5.02 Å². The molecule has 0 atom stereocenters. The number of rotatable bonds is 7. The first-order valence-electron chi connectivity index (χ1n) is 12.4. The maximum absolute atomic E-state index is 12.6. The lowest BCUT2D eigenvalue weighted by Gasteiger charge is -2.28. The maximum atomic E-state index is 12.6. The van der Waals surface area contributed by atoms with E-state index in [0.29, 0.717) is 41.0 Å². The molecule has 4 aromatic rings. The number of carbonyl (C=O) groups is 1. The molecule has 1 saturated carbocycles. The number of pyridine rings is 1. The Balaban J connectivity index is 1.14. The van der Waals surface area contributed by atoms with Gasteiger partial charge in [0.2, 0.25) is 5.95 Å². The van der Waals surface area contributed by atoms with Crippen LogP contribution in [0.25, 0.3) is 22.5 Å². The van der Waals surface area contributed by atoms with Gasteiger partial charge in [0.25, 0.3) is 0 Å².